The third kappa shape index (κ3) is 4.79. The minimum atomic E-state index is 0.854. The Bertz CT molecular complexity index is 20.9. The molecule has 0 heterocycles. The zero-order valence-electron chi connectivity index (χ0n) is 3.66. The van der Waals surface area contributed by atoms with Crippen LogP contribution in [0.4, 0.5) is 0 Å². The summed E-state index contributed by atoms with van der Waals surface area (Å²) in [6, 6.07) is 0. The summed E-state index contributed by atoms with van der Waals surface area (Å²) in [4.78, 5) is 0. The van der Waals surface area contributed by atoms with Gasteiger partial charge in [-0.05, 0) is 0 Å². The first-order valence-corrected chi connectivity index (χ1v) is 3.16. The summed E-state index contributed by atoms with van der Waals surface area (Å²) in [5, 5.41) is 0. The Labute approximate surface area is 47.3 Å². The van der Waals surface area contributed by atoms with Crippen LogP contribution in [-0.2, 0) is 0 Å². The summed E-state index contributed by atoms with van der Waals surface area (Å²) in [5.41, 5.74) is 0. The second-order valence-electron chi connectivity index (χ2n) is 1.19. The number of hydrogen-bond donors (Lipinski definition) is 0. The maximum Gasteiger partial charge on any atom is 0.214 e. The first-order chi connectivity index (χ1) is 2.27. The molecule has 0 fully saturated rings. The molecule has 0 aromatic carbocycles. The molecule has 5 heavy (non-hydrogen) atoms. The third-order valence-electron chi connectivity index (χ3n) is 0.563. The molecule has 0 aliphatic carbocycles. The van der Waals surface area contributed by atoms with Gasteiger partial charge in [0, 0.05) is 0 Å². The Hall–Kier alpha value is 0.795. The summed E-state index contributed by atoms with van der Waals surface area (Å²) in [6.07, 6.45) is 1.29. The third-order valence-corrected chi connectivity index (χ3v) is 1.44. The maximum absolute atomic E-state index is 2.41. The first-order valence-electron chi connectivity index (χ1n) is 1.91. The van der Waals surface area contributed by atoms with Gasteiger partial charge in [0.2, 0.25) is 4.57 Å². The normalized spacial score (nSPS) is 7.80. The highest BCUT2D eigenvalue weighted by atomic mass is 127. The number of hydrogen-bond acceptors (Lipinski definition) is 0. The lowest BCUT2D eigenvalue weighted by molar-refractivity contribution is 1.45. The smallest absolute Gasteiger partial charge is 0.150 e. The molecule has 0 saturated carbocycles. The quantitative estimate of drug-likeness (QED) is 0.429. The van der Waals surface area contributed by atoms with Gasteiger partial charge in [0.05, 0.1) is 0 Å². The Morgan fingerprint density at radius 3 is 2.00 bits per heavy atom. The van der Waals surface area contributed by atoms with Crippen LogP contribution in [-0.4, -0.2) is 4.57 Å². The van der Waals surface area contributed by atoms with Crippen LogP contribution in [0.25, 0.3) is 0 Å². The van der Waals surface area contributed by atoms with E-state index in [4.69, 9.17) is 0 Å². The fourth-order valence-corrected chi connectivity index (χ4v) is 0. The van der Waals surface area contributed by atoms with E-state index in [2.05, 4.69) is 36.1 Å². The predicted molar refractivity (Wildman–Crippen MR) is 36.1 cm³/mol. The fraction of sp³-hybridized carbons (Fsp3) is 1.00. The monoisotopic (exact) mass is 182 g/mol. The summed E-state index contributed by atoms with van der Waals surface area (Å²) >= 11 is 2.41. The van der Waals surface area contributed by atoms with Crippen LogP contribution in [0, 0.1) is 0 Å². The standard InChI is InChI=1S/C3H8BI/c1-3-4(2)5/h3H2,1-2H3. The number of halogens is 1. The first kappa shape index (κ1) is 5.79. The molecule has 0 spiro atoms. The topological polar surface area (TPSA) is 0 Å². The van der Waals surface area contributed by atoms with Crippen LogP contribution < -0.4 is 0 Å². The minimum Gasteiger partial charge on any atom is -0.150 e. The van der Waals surface area contributed by atoms with E-state index in [9.17, 15) is 0 Å². The van der Waals surface area contributed by atoms with Crippen molar-refractivity contribution < 1.29 is 0 Å². The van der Waals surface area contributed by atoms with Crippen LogP contribution in [0.15, 0.2) is 0 Å². The van der Waals surface area contributed by atoms with E-state index >= 15 is 0 Å². The molecule has 2 heteroatoms. The van der Waals surface area contributed by atoms with Crippen molar-refractivity contribution >= 4 is 26.9 Å². The Kier molecular flexibility index (Phi) is 3.48. The van der Waals surface area contributed by atoms with Gasteiger partial charge in [-0.3, -0.25) is 0 Å². The molecule has 0 saturated heterocycles. The minimum absolute atomic E-state index is 0.854. The predicted octanol–water partition coefficient (Wildman–Crippen LogP) is 2.06. The molecule has 0 aliphatic rings. The van der Waals surface area contributed by atoms with Gasteiger partial charge in [-0.25, -0.2) is 0 Å². The average Bonchev–Trinajstić information content (AvgIpc) is 1.38. The fourth-order valence-electron chi connectivity index (χ4n) is 0. The van der Waals surface area contributed by atoms with Crippen molar-refractivity contribution in [2.24, 2.45) is 0 Å². The molecule has 0 atom stereocenters. The van der Waals surface area contributed by atoms with Crippen molar-refractivity contribution in [2.45, 2.75) is 20.1 Å². The van der Waals surface area contributed by atoms with Crippen molar-refractivity contribution in [2.75, 3.05) is 0 Å². The van der Waals surface area contributed by atoms with Crippen LogP contribution in [0.5, 0.6) is 0 Å². The number of rotatable bonds is 1. The van der Waals surface area contributed by atoms with Crippen molar-refractivity contribution in [3.63, 3.8) is 0 Å². The molecule has 0 aromatic rings. The second kappa shape index (κ2) is 3.00. The molecule has 0 amide bonds. The lowest BCUT2D eigenvalue weighted by Crippen LogP contribution is -1.86. The van der Waals surface area contributed by atoms with Gasteiger partial charge in [-0.2, -0.15) is 22.4 Å². The summed E-state index contributed by atoms with van der Waals surface area (Å²) in [6.45, 7) is 4.40. The molecule has 0 nitrogen and oxygen atoms in total. The van der Waals surface area contributed by atoms with Gasteiger partial charge in [-0.15, -0.1) is 0 Å². The lowest BCUT2D eigenvalue weighted by Gasteiger charge is -1.81. The molecule has 0 aliphatic heterocycles. The summed E-state index contributed by atoms with van der Waals surface area (Å²) in [5.74, 6) is 0. The molecule has 0 aromatic heterocycles. The van der Waals surface area contributed by atoms with E-state index in [1.807, 2.05) is 0 Å². The van der Waals surface area contributed by atoms with Crippen LogP contribution >= 0.6 is 22.4 Å². The van der Waals surface area contributed by atoms with Gasteiger partial charge in [0.25, 0.3) is 0 Å². The Morgan fingerprint density at radius 1 is 1.80 bits per heavy atom. The van der Waals surface area contributed by atoms with E-state index in [1.165, 1.54) is 6.32 Å². The Morgan fingerprint density at radius 2 is 2.00 bits per heavy atom. The van der Waals surface area contributed by atoms with Crippen molar-refractivity contribution in [3.05, 3.63) is 0 Å². The lowest BCUT2D eigenvalue weighted by atomic mass is 9.79. The largest absolute Gasteiger partial charge is 0.214 e. The van der Waals surface area contributed by atoms with E-state index in [-0.39, 0.29) is 0 Å². The molecule has 0 bridgehead atoms. The van der Waals surface area contributed by atoms with Gasteiger partial charge >= 0.3 is 0 Å². The van der Waals surface area contributed by atoms with Gasteiger partial charge in [-0.1, -0.05) is 20.1 Å². The van der Waals surface area contributed by atoms with Crippen molar-refractivity contribution in [3.8, 4) is 0 Å². The van der Waals surface area contributed by atoms with Crippen molar-refractivity contribution in [1.82, 2.24) is 0 Å². The van der Waals surface area contributed by atoms with Crippen LogP contribution in [0.2, 0.25) is 13.1 Å². The van der Waals surface area contributed by atoms with E-state index in [0.29, 0.717) is 0 Å². The zero-order chi connectivity index (χ0) is 4.28. The molecule has 30 valence electrons. The highest BCUT2D eigenvalue weighted by Gasteiger charge is 1.90. The SMILES string of the molecule is CCB(C)I. The molecular weight excluding hydrogens is 174 g/mol. The maximum atomic E-state index is 2.41. The van der Waals surface area contributed by atoms with E-state index in [0.717, 1.165) is 4.57 Å². The highest BCUT2D eigenvalue weighted by Crippen LogP contribution is 1.96. The molecular formula is C3H8BI. The zero-order valence-corrected chi connectivity index (χ0v) is 5.82. The van der Waals surface area contributed by atoms with Gasteiger partial charge in [0.15, 0.2) is 0 Å². The van der Waals surface area contributed by atoms with Crippen LogP contribution in [0.1, 0.15) is 6.92 Å². The molecule has 0 unspecified atom stereocenters. The molecule has 0 radical (unpaired) electrons. The van der Waals surface area contributed by atoms with Crippen molar-refractivity contribution in [1.29, 1.82) is 0 Å². The molecule has 0 N–H and O–H groups in total. The van der Waals surface area contributed by atoms with Gasteiger partial charge in [0.1, 0.15) is 0 Å². The van der Waals surface area contributed by atoms with E-state index in [1.54, 1.807) is 0 Å². The van der Waals surface area contributed by atoms with Crippen LogP contribution in [0.3, 0.4) is 0 Å². The summed E-state index contributed by atoms with van der Waals surface area (Å²) < 4.78 is 0.854. The van der Waals surface area contributed by atoms with Gasteiger partial charge < -0.3 is 0 Å². The second-order valence-corrected chi connectivity index (χ2v) is 3.32. The molecule has 0 rings (SSSR count). The van der Waals surface area contributed by atoms with E-state index < -0.39 is 0 Å². The Balaban J connectivity index is 2.54. The summed E-state index contributed by atoms with van der Waals surface area (Å²) in [7, 11) is 0. The highest BCUT2D eigenvalue weighted by molar-refractivity contribution is 14.1. The average molecular weight is 182 g/mol.